The number of imidazole rings is 1. The van der Waals surface area contributed by atoms with Gasteiger partial charge < -0.3 is 9.13 Å². The Kier molecular flexibility index (Phi) is 5.40. The topological polar surface area (TPSA) is 39.8 Å². The Morgan fingerprint density at radius 2 is 1.77 bits per heavy atom. The summed E-state index contributed by atoms with van der Waals surface area (Å²) in [6, 6.07) is 18.6. The molecule has 0 N–H and O–H groups in total. The van der Waals surface area contributed by atoms with Gasteiger partial charge in [0.15, 0.2) is 0 Å². The molecular formula is C26H27N3O. The summed E-state index contributed by atoms with van der Waals surface area (Å²) in [6.07, 6.45) is 6.35. The maximum Gasteiger partial charge on any atom is 0.254 e. The molecule has 0 saturated carbocycles. The summed E-state index contributed by atoms with van der Waals surface area (Å²) in [5.74, 6) is 0. The number of rotatable bonds is 5. The highest BCUT2D eigenvalue weighted by molar-refractivity contribution is 5.44. The van der Waals surface area contributed by atoms with E-state index in [9.17, 15) is 4.79 Å². The summed E-state index contributed by atoms with van der Waals surface area (Å²) in [7, 11) is 0. The summed E-state index contributed by atoms with van der Waals surface area (Å²) in [5.41, 5.74) is 7.62. The van der Waals surface area contributed by atoms with Crippen molar-refractivity contribution in [2.75, 3.05) is 0 Å². The molecule has 0 saturated heterocycles. The minimum atomic E-state index is -0.00774. The van der Waals surface area contributed by atoms with Crippen LogP contribution in [0.5, 0.6) is 0 Å². The molecule has 0 aliphatic rings. The maximum absolute atomic E-state index is 13.2. The maximum atomic E-state index is 13.2. The van der Waals surface area contributed by atoms with Crippen molar-refractivity contribution in [1.29, 1.82) is 0 Å². The van der Waals surface area contributed by atoms with E-state index in [0.717, 1.165) is 33.6 Å². The van der Waals surface area contributed by atoms with Crippen molar-refractivity contribution in [2.24, 2.45) is 0 Å². The van der Waals surface area contributed by atoms with E-state index in [1.807, 2.05) is 46.9 Å². The first-order chi connectivity index (χ1) is 14.4. The fraction of sp³-hybridized carbons (Fsp3) is 0.231. The fourth-order valence-corrected chi connectivity index (χ4v) is 3.89. The molecule has 0 bridgehead atoms. The van der Waals surface area contributed by atoms with E-state index in [2.05, 4.69) is 68.2 Å². The highest BCUT2D eigenvalue weighted by atomic mass is 16.1. The van der Waals surface area contributed by atoms with Crippen molar-refractivity contribution in [3.63, 3.8) is 0 Å². The van der Waals surface area contributed by atoms with Gasteiger partial charge in [-0.1, -0.05) is 48.0 Å². The van der Waals surface area contributed by atoms with Gasteiger partial charge >= 0.3 is 0 Å². The van der Waals surface area contributed by atoms with Crippen molar-refractivity contribution in [3.05, 3.63) is 117 Å². The van der Waals surface area contributed by atoms with Gasteiger partial charge in [0.1, 0.15) is 0 Å². The SMILES string of the molecule is Cc1ccc([C@H](C)n2cccc(Cc3ccc(-n4cnc(C)c4)c(C)c3)c2=O)cc1. The molecule has 0 unspecified atom stereocenters. The van der Waals surface area contributed by atoms with Crippen molar-refractivity contribution in [2.45, 2.75) is 40.2 Å². The van der Waals surface area contributed by atoms with Gasteiger partial charge in [-0.2, -0.15) is 0 Å². The molecule has 1 atom stereocenters. The van der Waals surface area contributed by atoms with Crippen LogP contribution >= 0.6 is 0 Å². The van der Waals surface area contributed by atoms with Gasteiger partial charge in [-0.3, -0.25) is 4.79 Å². The van der Waals surface area contributed by atoms with Gasteiger partial charge in [0.2, 0.25) is 0 Å². The van der Waals surface area contributed by atoms with Crippen LogP contribution in [0.3, 0.4) is 0 Å². The summed E-state index contributed by atoms with van der Waals surface area (Å²) in [4.78, 5) is 17.5. The molecule has 152 valence electrons. The second kappa shape index (κ2) is 8.15. The van der Waals surface area contributed by atoms with E-state index in [1.165, 1.54) is 5.56 Å². The van der Waals surface area contributed by atoms with E-state index >= 15 is 0 Å². The van der Waals surface area contributed by atoms with Gasteiger partial charge in [-0.05, 0) is 56.5 Å². The highest BCUT2D eigenvalue weighted by Gasteiger charge is 2.12. The van der Waals surface area contributed by atoms with Crippen LogP contribution in [-0.2, 0) is 6.42 Å². The number of pyridine rings is 1. The zero-order valence-corrected chi connectivity index (χ0v) is 18.0. The predicted octanol–water partition coefficient (Wildman–Crippen LogP) is 5.16. The van der Waals surface area contributed by atoms with Crippen LogP contribution in [-0.4, -0.2) is 14.1 Å². The zero-order chi connectivity index (χ0) is 21.3. The lowest BCUT2D eigenvalue weighted by atomic mass is 10.0. The lowest BCUT2D eigenvalue weighted by molar-refractivity contribution is 0.609. The third-order valence-corrected chi connectivity index (χ3v) is 5.68. The van der Waals surface area contributed by atoms with Gasteiger partial charge in [-0.25, -0.2) is 4.98 Å². The first kappa shape index (κ1) is 19.9. The standard InChI is InChI=1S/C26H27N3O/c1-18-7-10-23(11-8-18)21(4)29-13-5-6-24(26(29)30)15-22-9-12-25(19(2)14-22)28-16-20(3)27-17-28/h5-14,16-17,21H,15H2,1-4H3/t21-/m0/s1. The quantitative estimate of drug-likeness (QED) is 0.467. The number of nitrogens with zero attached hydrogens (tertiary/aromatic N) is 3. The Morgan fingerprint density at radius 3 is 2.43 bits per heavy atom. The largest absolute Gasteiger partial charge is 0.308 e. The third kappa shape index (κ3) is 3.99. The third-order valence-electron chi connectivity index (χ3n) is 5.68. The van der Waals surface area contributed by atoms with E-state index in [-0.39, 0.29) is 11.6 Å². The van der Waals surface area contributed by atoms with Crippen LogP contribution in [0.4, 0.5) is 0 Å². The first-order valence-electron chi connectivity index (χ1n) is 10.3. The van der Waals surface area contributed by atoms with Crippen LogP contribution in [0, 0.1) is 20.8 Å². The summed E-state index contributed by atoms with van der Waals surface area (Å²) in [6.45, 7) is 8.22. The Bertz CT molecular complexity index is 1230. The molecule has 2 aromatic heterocycles. The van der Waals surface area contributed by atoms with Crippen LogP contribution in [0.2, 0.25) is 0 Å². The predicted molar refractivity (Wildman–Crippen MR) is 122 cm³/mol. The van der Waals surface area contributed by atoms with Crippen LogP contribution in [0.15, 0.2) is 78.1 Å². The number of aryl methyl sites for hydroxylation is 3. The van der Waals surface area contributed by atoms with Crippen LogP contribution < -0.4 is 5.56 Å². The van der Waals surface area contributed by atoms with Gasteiger partial charge in [0, 0.05) is 30.1 Å². The van der Waals surface area contributed by atoms with Crippen molar-refractivity contribution < 1.29 is 0 Å². The second-order valence-electron chi connectivity index (χ2n) is 8.05. The molecule has 4 aromatic rings. The smallest absolute Gasteiger partial charge is 0.254 e. The monoisotopic (exact) mass is 397 g/mol. The van der Waals surface area contributed by atoms with Crippen LogP contribution in [0.1, 0.15) is 46.5 Å². The molecule has 0 spiro atoms. The molecule has 4 nitrogen and oxygen atoms in total. The number of benzene rings is 2. The molecule has 0 radical (unpaired) electrons. The molecule has 0 amide bonds. The molecular weight excluding hydrogens is 370 g/mol. The van der Waals surface area contributed by atoms with E-state index in [4.69, 9.17) is 0 Å². The average Bonchev–Trinajstić information content (AvgIpc) is 3.16. The molecule has 0 aliphatic heterocycles. The summed E-state index contributed by atoms with van der Waals surface area (Å²) >= 11 is 0. The normalized spacial score (nSPS) is 12.1. The lowest BCUT2D eigenvalue weighted by Gasteiger charge is -2.17. The number of hydrogen-bond donors (Lipinski definition) is 0. The fourth-order valence-electron chi connectivity index (χ4n) is 3.89. The summed E-state index contributed by atoms with van der Waals surface area (Å²) in [5, 5.41) is 0. The molecule has 2 aromatic carbocycles. The molecule has 4 heteroatoms. The molecule has 0 aliphatic carbocycles. The Hall–Kier alpha value is -3.40. The van der Waals surface area contributed by atoms with E-state index in [0.29, 0.717) is 6.42 Å². The molecule has 2 heterocycles. The van der Waals surface area contributed by atoms with E-state index < -0.39 is 0 Å². The minimum Gasteiger partial charge on any atom is -0.308 e. The lowest BCUT2D eigenvalue weighted by Crippen LogP contribution is -2.26. The Balaban J connectivity index is 1.61. The number of hydrogen-bond acceptors (Lipinski definition) is 2. The first-order valence-corrected chi connectivity index (χ1v) is 10.3. The highest BCUT2D eigenvalue weighted by Crippen LogP contribution is 2.20. The minimum absolute atomic E-state index is 0.00774. The Morgan fingerprint density at radius 1 is 1.00 bits per heavy atom. The second-order valence-corrected chi connectivity index (χ2v) is 8.05. The molecule has 30 heavy (non-hydrogen) atoms. The van der Waals surface area contributed by atoms with Crippen molar-refractivity contribution >= 4 is 0 Å². The van der Waals surface area contributed by atoms with Gasteiger partial charge in [0.05, 0.1) is 18.1 Å². The molecule has 4 rings (SSSR count). The molecule has 0 fully saturated rings. The van der Waals surface area contributed by atoms with Crippen LogP contribution in [0.25, 0.3) is 5.69 Å². The van der Waals surface area contributed by atoms with Crippen molar-refractivity contribution in [1.82, 2.24) is 14.1 Å². The van der Waals surface area contributed by atoms with Crippen molar-refractivity contribution in [3.8, 4) is 5.69 Å². The number of aromatic nitrogens is 3. The van der Waals surface area contributed by atoms with Gasteiger partial charge in [0.25, 0.3) is 5.56 Å². The summed E-state index contributed by atoms with van der Waals surface area (Å²) < 4.78 is 3.86. The Labute approximate surface area is 177 Å². The van der Waals surface area contributed by atoms with Gasteiger partial charge in [-0.15, -0.1) is 0 Å². The van der Waals surface area contributed by atoms with E-state index in [1.54, 1.807) is 0 Å². The zero-order valence-electron chi connectivity index (χ0n) is 18.0. The average molecular weight is 398 g/mol.